The average Bonchev–Trinajstić information content (AvgIpc) is 2.89. The van der Waals surface area contributed by atoms with E-state index in [1.165, 1.54) is 25.7 Å². The maximum absolute atomic E-state index is 12.0. The molecule has 0 unspecified atom stereocenters. The van der Waals surface area contributed by atoms with Gasteiger partial charge in [0.05, 0.1) is 0 Å². The standard InChI is InChI=1S/C12H19BrN2O/c1-2-14-7-8-15(11(14)16)10-12(9-13)5-3-4-6-12/h7-8H,2-6,9-10H2,1H3. The van der Waals surface area contributed by atoms with Crippen molar-refractivity contribution in [3.8, 4) is 0 Å². The largest absolute Gasteiger partial charge is 0.328 e. The zero-order valence-electron chi connectivity index (χ0n) is 9.79. The monoisotopic (exact) mass is 286 g/mol. The lowest BCUT2D eigenvalue weighted by molar-refractivity contribution is 0.287. The molecule has 2 rings (SSSR count). The summed E-state index contributed by atoms with van der Waals surface area (Å²) in [6.45, 7) is 3.62. The quantitative estimate of drug-likeness (QED) is 0.782. The van der Waals surface area contributed by atoms with Crippen molar-refractivity contribution in [2.24, 2.45) is 5.41 Å². The normalized spacial score (nSPS) is 19.1. The number of aromatic nitrogens is 2. The molecule has 1 heterocycles. The highest BCUT2D eigenvalue weighted by atomic mass is 79.9. The van der Waals surface area contributed by atoms with Gasteiger partial charge in [0.25, 0.3) is 0 Å². The highest BCUT2D eigenvalue weighted by Crippen LogP contribution is 2.40. The van der Waals surface area contributed by atoms with Gasteiger partial charge in [0.15, 0.2) is 0 Å². The number of hydrogen-bond donors (Lipinski definition) is 0. The third kappa shape index (κ3) is 2.12. The van der Waals surface area contributed by atoms with Gasteiger partial charge in [-0.15, -0.1) is 0 Å². The van der Waals surface area contributed by atoms with E-state index in [9.17, 15) is 4.79 Å². The Bertz CT molecular complexity index is 401. The molecule has 16 heavy (non-hydrogen) atoms. The summed E-state index contributed by atoms with van der Waals surface area (Å²) >= 11 is 3.62. The Labute approximate surface area is 105 Å². The first-order valence-corrected chi connectivity index (χ1v) is 7.14. The highest BCUT2D eigenvalue weighted by molar-refractivity contribution is 9.09. The summed E-state index contributed by atoms with van der Waals surface area (Å²) in [5.74, 6) is 0. The summed E-state index contributed by atoms with van der Waals surface area (Å²) in [5.41, 5.74) is 0.443. The van der Waals surface area contributed by atoms with Crippen molar-refractivity contribution >= 4 is 15.9 Å². The molecule has 0 aliphatic heterocycles. The lowest BCUT2D eigenvalue weighted by Gasteiger charge is -2.26. The van der Waals surface area contributed by atoms with Gasteiger partial charge < -0.3 is 0 Å². The summed E-state index contributed by atoms with van der Waals surface area (Å²) in [6.07, 6.45) is 8.89. The number of alkyl halides is 1. The molecule has 0 radical (unpaired) electrons. The molecule has 0 saturated heterocycles. The summed E-state index contributed by atoms with van der Waals surface area (Å²) < 4.78 is 3.63. The first-order chi connectivity index (χ1) is 7.71. The van der Waals surface area contributed by atoms with Crippen molar-refractivity contribution in [2.45, 2.75) is 45.7 Å². The van der Waals surface area contributed by atoms with Crippen LogP contribution < -0.4 is 5.69 Å². The smallest absolute Gasteiger partial charge is 0.300 e. The molecule has 0 N–H and O–H groups in total. The van der Waals surface area contributed by atoms with Crippen LogP contribution in [0.4, 0.5) is 0 Å². The van der Waals surface area contributed by atoms with Crippen LogP contribution in [0.1, 0.15) is 32.6 Å². The molecule has 3 nitrogen and oxygen atoms in total. The maximum atomic E-state index is 12.0. The van der Waals surface area contributed by atoms with E-state index in [2.05, 4.69) is 15.9 Å². The van der Waals surface area contributed by atoms with E-state index < -0.39 is 0 Å². The third-order valence-corrected chi connectivity index (χ3v) is 4.90. The van der Waals surface area contributed by atoms with Crippen LogP contribution in [0, 0.1) is 5.41 Å². The van der Waals surface area contributed by atoms with Crippen LogP contribution >= 0.6 is 15.9 Å². The second-order valence-electron chi connectivity index (χ2n) is 4.84. The Morgan fingerprint density at radius 2 is 1.94 bits per heavy atom. The molecule has 0 spiro atoms. The molecular formula is C12H19BrN2O. The lowest BCUT2D eigenvalue weighted by Crippen LogP contribution is -2.32. The molecule has 0 bridgehead atoms. The minimum atomic E-state index is 0.134. The molecule has 1 aromatic heterocycles. The Morgan fingerprint density at radius 3 is 2.44 bits per heavy atom. The SMILES string of the molecule is CCn1ccn(CC2(CBr)CCCC2)c1=O. The van der Waals surface area contributed by atoms with E-state index in [0.717, 1.165) is 18.4 Å². The van der Waals surface area contributed by atoms with Gasteiger partial charge in [0.1, 0.15) is 0 Å². The number of nitrogens with zero attached hydrogens (tertiary/aromatic N) is 2. The summed E-state index contributed by atoms with van der Waals surface area (Å²) in [5, 5.41) is 1.00. The van der Waals surface area contributed by atoms with E-state index in [4.69, 9.17) is 0 Å². The average molecular weight is 287 g/mol. The lowest BCUT2D eigenvalue weighted by atomic mass is 9.89. The van der Waals surface area contributed by atoms with Crippen LogP contribution in [-0.2, 0) is 13.1 Å². The number of aryl methyl sites for hydroxylation is 1. The van der Waals surface area contributed by atoms with Crippen molar-refractivity contribution < 1.29 is 0 Å². The second kappa shape index (κ2) is 4.78. The summed E-state index contributed by atoms with van der Waals surface area (Å²) in [4.78, 5) is 12.0. The van der Waals surface area contributed by atoms with Crippen molar-refractivity contribution in [2.75, 3.05) is 5.33 Å². The maximum Gasteiger partial charge on any atom is 0.328 e. The van der Waals surface area contributed by atoms with Crippen LogP contribution in [0.25, 0.3) is 0 Å². The number of imidazole rings is 1. The van der Waals surface area contributed by atoms with Gasteiger partial charge in [-0.05, 0) is 25.2 Å². The summed E-state index contributed by atoms with van der Waals surface area (Å²) in [7, 11) is 0. The molecule has 0 atom stereocenters. The van der Waals surface area contributed by atoms with Gasteiger partial charge in [-0.1, -0.05) is 28.8 Å². The molecule has 90 valence electrons. The Kier molecular flexibility index (Phi) is 3.57. The highest BCUT2D eigenvalue weighted by Gasteiger charge is 2.33. The van der Waals surface area contributed by atoms with Gasteiger partial charge in [-0.2, -0.15) is 0 Å². The third-order valence-electron chi connectivity index (χ3n) is 3.71. The number of halogens is 1. The van der Waals surface area contributed by atoms with Crippen molar-refractivity contribution in [3.63, 3.8) is 0 Å². The van der Waals surface area contributed by atoms with E-state index in [0.29, 0.717) is 5.41 Å². The fourth-order valence-electron chi connectivity index (χ4n) is 2.63. The van der Waals surface area contributed by atoms with Gasteiger partial charge in [0.2, 0.25) is 0 Å². The molecular weight excluding hydrogens is 268 g/mol. The predicted octanol–water partition coefficient (Wildman–Crippen LogP) is 2.63. The van der Waals surface area contributed by atoms with Crippen molar-refractivity contribution in [1.29, 1.82) is 0 Å². The Balaban J connectivity index is 2.19. The van der Waals surface area contributed by atoms with E-state index in [1.807, 2.05) is 23.9 Å². The molecule has 1 aliphatic carbocycles. The van der Waals surface area contributed by atoms with Crippen molar-refractivity contribution in [1.82, 2.24) is 9.13 Å². The zero-order chi connectivity index (χ0) is 11.6. The van der Waals surface area contributed by atoms with Gasteiger partial charge >= 0.3 is 5.69 Å². The van der Waals surface area contributed by atoms with E-state index >= 15 is 0 Å². The fourth-order valence-corrected chi connectivity index (χ4v) is 3.37. The topological polar surface area (TPSA) is 26.9 Å². The molecule has 0 amide bonds. The minimum absolute atomic E-state index is 0.134. The van der Waals surface area contributed by atoms with Gasteiger partial charge in [0, 0.05) is 30.8 Å². The molecule has 0 aromatic carbocycles. The van der Waals surface area contributed by atoms with Crippen LogP contribution in [0.5, 0.6) is 0 Å². The molecule has 1 aliphatic rings. The predicted molar refractivity (Wildman–Crippen MR) is 69.1 cm³/mol. The van der Waals surface area contributed by atoms with Crippen molar-refractivity contribution in [3.05, 3.63) is 22.9 Å². The van der Waals surface area contributed by atoms with E-state index in [-0.39, 0.29) is 5.69 Å². The first-order valence-electron chi connectivity index (χ1n) is 6.02. The van der Waals surface area contributed by atoms with Crippen LogP contribution in [0.2, 0.25) is 0 Å². The first kappa shape index (κ1) is 12.0. The summed E-state index contributed by atoms with van der Waals surface area (Å²) in [6, 6.07) is 0. The number of hydrogen-bond acceptors (Lipinski definition) is 1. The van der Waals surface area contributed by atoms with E-state index in [1.54, 1.807) is 4.57 Å². The Hall–Kier alpha value is -0.510. The molecule has 1 fully saturated rings. The van der Waals surface area contributed by atoms with Crippen LogP contribution in [0.3, 0.4) is 0 Å². The molecule has 1 aromatic rings. The van der Waals surface area contributed by atoms with Crippen LogP contribution in [-0.4, -0.2) is 14.5 Å². The minimum Gasteiger partial charge on any atom is -0.300 e. The fraction of sp³-hybridized carbons (Fsp3) is 0.750. The second-order valence-corrected chi connectivity index (χ2v) is 5.40. The zero-order valence-corrected chi connectivity index (χ0v) is 11.4. The molecule has 4 heteroatoms. The van der Waals surface area contributed by atoms with Crippen LogP contribution in [0.15, 0.2) is 17.2 Å². The Morgan fingerprint density at radius 1 is 1.31 bits per heavy atom. The van der Waals surface area contributed by atoms with Gasteiger partial charge in [-0.3, -0.25) is 9.13 Å². The number of rotatable bonds is 4. The molecule has 1 saturated carbocycles. The van der Waals surface area contributed by atoms with Gasteiger partial charge in [-0.25, -0.2) is 4.79 Å².